The Morgan fingerprint density at radius 2 is 1.37 bits per heavy atom. The Labute approximate surface area is 155 Å². The Morgan fingerprint density at radius 3 is 1.78 bits per heavy atom. The molecule has 0 fully saturated rings. The summed E-state index contributed by atoms with van der Waals surface area (Å²) >= 11 is 0. The number of esters is 3. The number of aromatic nitrogens is 1. The number of nitrogens with one attached hydrogen (secondary N) is 1. The van der Waals surface area contributed by atoms with Crippen LogP contribution in [-0.2, 0) is 9.47 Å². The molecule has 0 aliphatic heterocycles. The zero-order valence-corrected chi connectivity index (χ0v) is 15.6. The molecule has 0 spiro atoms. The smallest absolute Gasteiger partial charge is 0.360 e. The molecule has 27 heavy (non-hydrogen) atoms. The van der Waals surface area contributed by atoms with E-state index in [1.54, 1.807) is 13.8 Å². The molecule has 8 nitrogen and oxygen atoms in total. The second-order valence-corrected chi connectivity index (χ2v) is 5.80. The first-order valence-electron chi connectivity index (χ1n) is 7.93. The standard InChI is InChI=1S/C19H19NO7/c1-9-15(11(3)21)10(2)20-16(9)19(24)27-14-7-12(17(22)25-4)6-13(8-14)18(23)26-5/h6-8,20H,1-5H3. The van der Waals surface area contributed by atoms with Gasteiger partial charge in [0.15, 0.2) is 5.78 Å². The summed E-state index contributed by atoms with van der Waals surface area (Å²) in [5.74, 6) is -2.39. The number of Topliss-reactive ketones (excluding diaryl/α,β-unsaturated/α-hetero) is 1. The molecule has 0 amide bonds. The van der Waals surface area contributed by atoms with Crippen LogP contribution in [0.1, 0.15) is 59.7 Å². The number of rotatable bonds is 5. The third-order valence-electron chi connectivity index (χ3n) is 3.95. The first-order chi connectivity index (χ1) is 12.7. The first kappa shape index (κ1) is 19.9. The molecule has 0 radical (unpaired) electrons. The number of ketones is 1. The first-order valence-corrected chi connectivity index (χ1v) is 7.93. The Morgan fingerprint density at radius 1 is 0.852 bits per heavy atom. The van der Waals surface area contributed by atoms with Gasteiger partial charge < -0.3 is 19.2 Å². The van der Waals surface area contributed by atoms with E-state index in [4.69, 9.17) is 4.74 Å². The van der Waals surface area contributed by atoms with Gasteiger partial charge in [-0.3, -0.25) is 4.79 Å². The van der Waals surface area contributed by atoms with E-state index in [0.29, 0.717) is 16.8 Å². The maximum Gasteiger partial charge on any atom is 0.360 e. The highest BCUT2D eigenvalue weighted by atomic mass is 16.5. The summed E-state index contributed by atoms with van der Waals surface area (Å²) in [4.78, 5) is 50.7. The molecule has 2 aromatic rings. The second kappa shape index (κ2) is 7.86. The van der Waals surface area contributed by atoms with Crippen LogP contribution in [0.4, 0.5) is 0 Å². The number of hydrogen-bond donors (Lipinski definition) is 1. The molecule has 1 aromatic carbocycles. The molecule has 0 atom stereocenters. The van der Waals surface area contributed by atoms with Crippen LogP contribution >= 0.6 is 0 Å². The van der Waals surface area contributed by atoms with Crippen molar-refractivity contribution in [2.45, 2.75) is 20.8 Å². The molecule has 1 aromatic heterocycles. The van der Waals surface area contributed by atoms with Gasteiger partial charge in [0, 0.05) is 11.3 Å². The summed E-state index contributed by atoms with van der Waals surface area (Å²) in [6, 6.07) is 3.81. The number of aryl methyl sites for hydroxylation is 1. The molecular weight excluding hydrogens is 354 g/mol. The SMILES string of the molecule is COC(=O)c1cc(OC(=O)c2[nH]c(C)c(C(C)=O)c2C)cc(C(=O)OC)c1. The fraction of sp³-hybridized carbons (Fsp3) is 0.263. The van der Waals surface area contributed by atoms with E-state index in [0.717, 1.165) is 0 Å². The topological polar surface area (TPSA) is 112 Å². The number of hydrogen-bond acceptors (Lipinski definition) is 7. The van der Waals surface area contributed by atoms with Crippen molar-refractivity contribution in [3.63, 3.8) is 0 Å². The maximum atomic E-state index is 12.5. The molecule has 0 aliphatic rings. The Hall–Kier alpha value is -3.42. The number of ether oxygens (including phenoxy) is 3. The molecule has 0 unspecified atom stereocenters. The van der Waals surface area contributed by atoms with Gasteiger partial charge in [-0.25, -0.2) is 14.4 Å². The average molecular weight is 373 g/mol. The monoisotopic (exact) mass is 373 g/mol. The molecule has 1 heterocycles. The summed E-state index contributed by atoms with van der Waals surface area (Å²) in [6.45, 7) is 4.70. The summed E-state index contributed by atoms with van der Waals surface area (Å²) in [5.41, 5.74) is 1.58. The van der Waals surface area contributed by atoms with Gasteiger partial charge in [0.1, 0.15) is 11.4 Å². The lowest BCUT2D eigenvalue weighted by molar-refractivity contribution is 0.0592. The zero-order chi connectivity index (χ0) is 20.3. The molecule has 0 aliphatic carbocycles. The van der Waals surface area contributed by atoms with Gasteiger partial charge in [-0.15, -0.1) is 0 Å². The quantitative estimate of drug-likeness (QED) is 0.487. The Balaban J connectivity index is 2.43. The van der Waals surface area contributed by atoms with Crippen molar-refractivity contribution in [2.75, 3.05) is 14.2 Å². The predicted octanol–water partition coefficient (Wildman–Crippen LogP) is 2.63. The fourth-order valence-electron chi connectivity index (χ4n) is 2.77. The van der Waals surface area contributed by atoms with Gasteiger partial charge in [0.25, 0.3) is 0 Å². The van der Waals surface area contributed by atoms with E-state index in [-0.39, 0.29) is 28.4 Å². The van der Waals surface area contributed by atoms with Crippen molar-refractivity contribution >= 4 is 23.7 Å². The molecule has 0 saturated carbocycles. The van der Waals surface area contributed by atoms with Crippen molar-refractivity contribution in [1.29, 1.82) is 0 Å². The van der Waals surface area contributed by atoms with Crippen LogP contribution in [0.5, 0.6) is 5.75 Å². The van der Waals surface area contributed by atoms with Gasteiger partial charge in [-0.2, -0.15) is 0 Å². The number of benzene rings is 1. The Bertz CT molecular complexity index is 906. The zero-order valence-electron chi connectivity index (χ0n) is 15.6. The van der Waals surface area contributed by atoms with Crippen LogP contribution in [0.2, 0.25) is 0 Å². The molecule has 0 saturated heterocycles. The fourth-order valence-corrected chi connectivity index (χ4v) is 2.77. The molecular formula is C19H19NO7. The van der Waals surface area contributed by atoms with Crippen molar-refractivity contribution in [3.8, 4) is 5.75 Å². The van der Waals surface area contributed by atoms with Gasteiger partial charge >= 0.3 is 17.9 Å². The maximum absolute atomic E-state index is 12.5. The third-order valence-corrected chi connectivity index (χ3v) is 3.95. The molecule has 2 rings (SSSR count). The lowest BCUT2D eigenvalue weighted by Crippen LogP contribution is -2.13. The largest absolute Gasteiger partial charge is 0.465 e. The summed E-state index contributed by atoms with van der Waals surface area (Å²) < 4.78 is 14.6. The minimum Gasteiger partial charge on any atom is -0.465 e. The number of carbonyl (C=O) groups excluding carboxylic acids is 4. The molecule has 8 heteroatoms. The number of carbonyl (C=O) groups is 4. The van der Waals surface area contributed by atoms with E-state index in [2.05, 4.69) is 14.5 Å². The molecule has 1 N–H and O–H groups in total. The van der Waals surface area contributed by atoms with Crippen LogP contribution in [-0.4, -0.2) is 42.9 Å². The van der Waals surface area contributed by atoms with E-state index in [1.165, 1.54) is 39.3 Å². The molecule has 142 valence electrons. The van der Waals surface area contributed by atoms with Crippen molar-refractivity contribution in [2.24, 2.45) is 0 Å². The predicted molar refractivity (Wildman–Crippen MR) is 94.4 cm³/mol. The number of H-pyrrole nitrogens is 1. The van der Waals surface area contributed by atoms with E-state index < -0.39 is 17.9 Å². The van der Waals surface area contributed by atoms with Crippen LogP contribution < -0.4 is 4.74 Å². The van der Waals surface area contributed by atoms with Gasteiger partial charge in [-0.1, -0.05) is 0 Å². The highest BCUT2D eigenvalue weighted by Gasteiger charge is 2.22. The second-order valence-electron chi connectivity index (χ2n) is 5.80. The Kier molecular flexibility index (Phi) is 5.79. The third kappa shape index (κ3) is 4.05. The highest BCUT2D eigenvalue weighted by Crippen LogP contribution is 2.23. The van der Waals surface area contributed by atoms with Crippen molar-refractivity contribution in [3.05, 3.63) is 51.8 Å². The average Bonchev–Trinajstić information content (AvgIpc) is 2.94. The highest BCUT2D eigenvalue weighted by molar-refractivity contribution is 6.02. The lowest BCUT2D eigenvalue weighted by atomic mass is 10.1. The lowest BCUT2D eigenvalue weighted by Gasteiger charge is -2.08. The van der Waals surface area contributed by atoms with E-state index >= 15 is 0 Å². The summed E-state index contributed by atoms with van der Waals surface area (Å²) in [7, 11) is 2.38. The van der Waals surface area contributed by atoms with Crippen molar-refractivity contribution < 1.29 is 33.4 Å². The number of methoxy groups -OCH3 is 2. The van der Waals surface area contributed by atoms with Crippen LogP contribution in [0, 0.1) is 13.8 Å². The molecule has 0 bridgehead atoms. The van der Waals surface area contributed by atoms with Crippen molar-refractivity contribution in [1.82, 2.24) is 4.98 Å². The van der Waals surface area contributed by atoms with Crippen LogP contribution in [0.3, 0.4) is 0 Å². The van der Waals surface area contributed by atoms with Crippen LogP contribution in [0.25, 0.3) is 0 Å². The van der Waals surface area contributed by atoms with Gasteiger partial charge in [0.05, 0.1) is 25.3 Å². The van der Waals surface area contributed by atoms with Crippen LogP contribution in [0.15, 0.2) is 18.2 Å². The normalized spacial score (nSPS) is 10.3. The minimum atomic E-state index is -0.763. The van der Waals surface area contributed by atoms with E-state index in [1.807, 2.05) is 0 Å². The number of aromatic amines is 1. The summed E-state index contributed by atoms with van der Waals surface area (Å²) in [5, 5.41) is 0. The van der Waals surface area contributed by atoms with Gasteiger partial charge in [0.2, 0.25) is 0 Å². The minimum absolute atomic E-state index is 0.0204. The van der Waals surface area contributed by atoms with Gasteiger partial charge in [-0.05, 0) is 44.5 Å². The van der Waals surface area contributed by atoms with E-state index in [9.17, 15) is 19.2 Å². The summed E-state index contributed by atoms with van der Waals surface area (Å²) in [6.07, 6.45) is 0.